The smallest absolute Gasteiger partial charge is 0.175 e. The van der Waals surface area contributed by atoms with Gasteiger partial charge < -0.3 is 11.1 Å². The van der Waals surface area contributed by atoms with Crippen LogP contribution in [0.2, 0.25) is 0 Å². The normalized spacial score (nSPS) is 11.2. The number of sulfone groups is 1. The number of anilines is 3. The molecule has 0 fully saturated rings. The first-order chi connectivity index (χ1) is 8.45. The highest BCUT2D eigenvalue weighted by molar-refractivity contribution is 7.90. The lowest BCUT2D eigenvalue weighted by Crippen LogP contribution is -1.97. The average Bonchev–Trinajstić information content (AvgIpc) is 2.32. The number of benzene rings is 2. The molecule has 0 heterocycles. The molecule has 4 nitrogen and oxygen atoms in total. The maximum absolute atomic E-state index is 11.3. The van der Waals surface area contributed by atoms with Crippen molar-refractivity contribution in [2.24, 2.45) is 0 Å². The molecule has 5 heteroatoms. The largest absolute Gasteiger partial charge is 0.399 e. The third-order valence-corrected chi connectivity index (χ3v) is 3.61. The highest BCUT2D eigenvalue weighted by Crippen LogP contribution is 2.19. The third kappa shape index (κ3) is 3.01. The summed E-state index contributed by atoms with van der Waals surface area (Å²) in [4.78, 5) is 0.311. The van der Waals surface area contributed by atoms with Crippen LogP contribution < -0.4 is 11.1 Å². The number of nitrogens with two attached hydrogens (primary N) is 1. The molecule has 2 aromatic carbocycles. The summed E-state index contributed by atoms with van der Waals surface area (Å²) in [6.45, 7) is 0. The first kappa shape index (κ1) is 12.4. The van der Waals surface area contributed by atoms with E-state index in [0.717, 1.165) is 11.4 Å². The molecule has 94 valence electrons. The maximum Gasteiger partial charge on any atom is 0.175 e. The highest BCUT2D eigenvalue weighted by atomic mass is 32.2. The first-order valence-electron chi connectivity index (χ1n) is 5.38. The van der Waals surface area contributed by atoms with Crippen molar-refractivity contribution in [2.45, 2.75) is 4.90 Å². The Hall–Kier alpha value is -2.01. The van der Waals surface area contributed by atoms with Crippen LogP contribution in [0.15, 0.2) is 53.4 Å². The van der Waals surface area contributed by atoms with Crippen molar-refractivity contribution >= 4 is 26.9 Å². The van der Waals surface area contributed by atoms with Gasteiger partial charge in [0, 0.05) is 23.3 Å². The van der Waals surface area contributed by atoms with E-state index in [9.17, 15) is 8.42 Å². The molecule has 0 atom stereocenters. The van der Waals surface area contributed by atoms with Gasteiger partial charge >= 0.3 is 0 Å². The molecule has 0 spiro atoms. The van der Waals surface area contributed by atoms with Gasteiger partial charge in [-0.05, 0) is 48.5 Å². The second kappa shape index (κ2) is 4.70. The zero-order valence-electron chi connectivity index (χ0n) is 9.92. The molecule has 0 aliphatic carbocycles. The summed E-state index contributed by atoms with van der Waals surface area (Å²) < 4.78 is 22.6. The van der Waals surface area contributed by atoms with E-state index in [4.69, 9.17) is 5.73 Å². The van der Waals surface area contributed by atoms with Gasteiger partial charge in [-0.15, -0.1) is 0 Å². The van der Waals surface area contributed by atoms with Gasteiger partial charge in [0.2, 0.25) is 0 Å². The van der Waals surface area contributed by atoms with Crippen molar-refractivity contribution < 1.29 is 8.42 Å². The minimum atomic E-state index is -3.14. The quantitative estimate of drug-likeness (QED) is 0.833. The van der Waals surface area contributed by atoms with Crippen LogP contribution >= 0.6 is 0 Å². The molecule has 0 aliphatic heterocycles. The molecular weight excluding hydrogens is 248 g/mol. The van der Waals surface area contributed by atoms with Crippen LogP contribution in [-0.4, -0.2) is 14.7 Å². The van der Waals surface area contributed by atoms with Crippen LogP contribution in [0.3, 0.4) is 0 Å². The van der Waals surface area contributed by atoms with Crippen molar-refractivity contribution in [1.82, 2.24) is 0 Å². The van der Waals surface area contributed by atoms with E-state index in [1.54, 1.807) is 36.4 Å². The van der Waals surface area contributed by atoms with Gasteiger partial charge in [0.25, 0.3) is 0 Å². The molecule has 0 amide bonds. The van der Waals surface area contributed by atoms with Crippen LogP contribution in [0, 0.1) is 0 Å². The topological polar surface area (TPSA) is 72.2 Å². The van der Waals surface area contributed by atoms with E-state index in [1.165, 1.54) is 6.26 Å². The molecule has 0 aliphatic rings. The van der Waals surface area contributed by atoms with Gasteiger partial charge in [-0.2, -0.15) is 0 Å². The van der Waals surface area contributed by atoms with Crippen LogP contribution in [-0.2, 0) is 9.84 Å². The zero-order chi connectivity index (χ0) is 13.2. The lowest BCUT2D eigenvalue weighted by molar-refractivity contribution is 0.602. The van der Waals surface area contributed by atoms with E-state index in [2.05, 4.69) is 5.32 Å². The number of hydrogen-bond acceptors (Lipinski definition) is 4. The Balaban J connectivity index is 2.18. The van der Waals surface area contributed by atoms with Gasteiger partial charge in [0.05, 0.1) is 4.90 Å². The lowest BCUT2D eigenvalue weighted by Gasteiger charge is -2.07. The second-order valence-electron chi connectivity index (χ2n) is 4.04. The molecule has 0 bridgehead atoms. The van der Waals surface area contributed by atoms with Crippen LogP contribution in [0.5, 0.6) is 0 Å². The van der Waals surface area contributed by atoms with Crippen LogP contribution in [0.1, 0.15) is 0 Å². The SMILES string of the molecule is CS(=O)(=O)c1ccc(Nc2ccc(N)cc2)cc1. The summed E-state index contributed by atoms with van der Waals surface area (Å²) in [7, 11) is -3.14. The molecule has 18 heavy (non-hydrogen) atoms. The van der Waals surface area contributed by atoms with Crippen molar-refractivity contribution in [3.05, 3.63) is 48.5 Å². The fourth-order valence-electron chi connectivity index (χ4n) is 1.52. The minimum Gasteiger partial charge on any atom is -0.399 e. The van der Waals surface area contributed by atoms with Crippen LogP contribution in [0.25, 0.3) is 0 Å². The Labute approximate surface area is 106 Å². The summed E-state index contributed by atoms with van der Waals surface area (Å²) >= 11 is 0. The predicted octanol–water partition coefficient (Wildman–Crippen LogP) is 2.42. The lowest BCUT2D eigenvalue weighted by atomic mass is 10.2. The molecule has 0 radical (unpaired) electrons. The van der Waals surface area contributed by atoms with Gasteiger partial charge in [-0.1, -0.05) is 0 Å². The van der Waals surface area contributed by atoms with E-state index in [-0.39, 0.29) is 0 Å². The molecule has 0 aromatic heterocycles. The fourth-order valence-corrected chi connectivity index (χ4v) is 2.15. The van der Waals surface area contributed by atoms with Crippen molar-refractivity contribution in [1.29, 1.82) is 0 Å². The molecule has 2 rings (SSSR count). The Morgan fingerprint density at radius 3 is 1.78 bits per heavy atom. The van der Waals surface area contributed by atoms with E-state index in [1.807, 2.05) is 12.1 Å². The minimum absolute atomic E-state index is 0.311. The van der Waals surface area contributed by atoms with E-state index < -0.39 is 9.84 Å². The predicted molar refractivity (Wildman–Crippen MR) is 73.7 cm³/mol. The van der Waals surface area contributed by atoms with Crippen LogP contribution in [0.4, 0.5) is 17.1 Å². The van der Waals surface area contributed by atoms with Gasteiger partial charge in [-0.3, -0.25) is 0 Å². The Kier molecular flexibility index (Phi) is 3.25. The van der Waals surface area contributed by atoms with E-state index >= 15 is 0 Å². The summed E-state index contributed by atoms with van der Waals surface area (Å²) in [6.07, 6.45) is 1.19. The van der Waals surface area contributed by atoms with E-state index in [0.29, 0.717) is 10.6 Å². The summed E-state index contributed by atoms with van der Waals surface area (Å²) in [5, 5.41) is 3.16. The Morgan fingerprint density at radius 2 is 1.33 bits per heavy atom. The van der Waals surface area contributed by atoms with Gasteiger partial charge in [-0.25, -0.2) is 8.42 Å². The zero-order valence-corrected chi connectivity index (χ0v) is 10.7. The van der Waals surface area contributed by atoms with Crippen molar-refractivity contribution in [3.8, 4) is 0 Å². The third-order valence-electron chi connectivity index (χ3n) is 2.48. The summed E-state index contributed by atoms with van der Waals surface area (Å²) in [6, 6.07) is 13.9. The monoisotopic (exact) mass is 262 g/mol. The molecule has 0 saturated heterocycles. The molecule has 3 N–H and O–H groups in total. The Bertz CT molecular complexity index is 632. The first-order valence-corrected chi connectivity index (χ1v) is 7.27. The summed E-state index contributed by atoms with van der Waals surface area (Å²) in [5.41, 5.74) is 8.02. The summed E-state index contributed by atoms with van der Waals surface area (Å²) in [5.74, 6) is 0. The highest BCUT2D eigenvalue weighted by Gasteiger charge is 2.05. The molecule has 0 saturated carbocycles. The maximum atomic E-state index is 11.3. The average molecular weight is 262 g/mol. The van der Waals surface area contributed by atoms with Gasteiger partial charge in [0.1, 0.15) is 0 Å². The number of rotatable bonds is 3. The molecular formula is C13H14N2O2S. The molecule has 0 unspecified atom stereocenters. The standard InChI is InChI=1S/C13H14N2O2S/c1-18(16,17)13-8-6-12(7-9-13)15-11-4-2-10(14)3-5-11/h2-9,15H,14H2,1H3. The number of nitrogens with one attached hydrogen (secondary N) is 1. The van der Waals surface area contributed by atoms with Crippen molar-refractivity contribution in [2.75, 3.05) is 17.3 Å². The second-order valence-corrected chi connectivity index (χ2v) is 6.06. The number of nitrogen functional groups attached to an aromatic ring is 1. The number of hydrogen-bond donors (Lipinski definition) is 2. The van der Waals surface area contributed by atoms with Gasteiger partial charge in [0.15, 0.2) is 9.84 Å². The molecule has 2 aromatic rings. The van der Waals surface area contributed by atoms with Crippen molar-refractivity contribution in [3.63, 3.8) is 0 Å². The Morgan fingerprint density at radius 1 is 0.889 bits per heavy atom. The fraction of sp³-hybridized carbons (Fsp3) is 0.0769.